The van der Waals surface area contributed by atoms with E-state index in [1.165, 1.54) is 11.0 Å². The lowest BCUT2D eigenvalue weighted by Crippen LogP contribution is -2.30. The van der Waals surface area contributed by atoms with Crippen molar-refractivity contribution in [1.29, 1.82) is 0 Å². The van der Waals surface area contributed by atoms with Gasteiger partial charge in [0.15, 0.2) is 0 Å². The Morgan fingerprint density at radius 3 is 2.71 bits per heavy atom. The Morgan fingerprint density at radius 2 is 2.05 bits per heavy atom. The van der Waals surface area contributed by atoms with Crippen molar-refractivity contribution >= 4 is 11.6 Å². The summed E-state index contributed by atoms with van der Waals surface area (Å²) in [5, 5.41) is 2.94. The summed E-state index contributed by atoms with van der Waals surface area (Å²) in [5.41, 5.74) is 1.65. The van der Waals surface area contributed by atoms with Crippen LogP contribution in [0.1, 0.15) is 28.9 Å². The lowest BCUT2D eigenvalue weighted by atomic mass is 10.1. The van der Waals surface area contributed by atoms with Crippen LogP contribution in [0.15, 0.2) is 42.7 Å². The lowest BCUT2D eigenvalue weighted by molar-refractivity contribution is 0.0741. The van der Waals surface area contributed by atoms with E-state index >= 15 is 0 Å². The molecular weight excluding hydrogens is 269 g/mol. The molecule has 0 bridgehead atoms. The monoisotopic (exact) mass is 287 g/mol. The van der Waals surface area contributed by atoms with Gasteiger partial charge in [0.05, 0.1) is 23.5 Å². The molecule has 0 aliphatic heterocycles. The Balaban J connectivity index is 2.29. The molecule has 0 aliphatic carbocycles. The molecule has 0 spiro atoms. The number of anilines is 1. The minimum Gasteiger partial charge on any atom is -0.386 e. The standard InChI is InChI=1S/C16H18FN3O/c1-11(12-6-4-5-7-14(12)17)20(3)16(21)13-8-9-19-10-15(13)18-2/h4-11,18H,1-3H3. The van der Waals surface area contributed by atoms with E-state index in [2.05, 4.69) is 10.3 Å². The molecule has 110 valence electrons. The molecule has 4 nitrogen and oxygen atoms in total. The van der Waals surface area contributed by atoms with Gasteiger partial charge < -0.3 is 10.2 Å². The van der Waals surface area contributed by atoms with Gasteiger partial charge in [0.25, 0.3) is 5.91 Å². The van der Waals surface area contributed by atoms with Crippen LogP contribution in [0, 0.1) is 5.82 Å². The molecule has 2 rings (SSSR count). The van der Waals surface area contributed by atoms with Crippen molar-refractivity contribution < 1.29 is 9.18 Å². The van der Waals surface area contributed by atoms with Crippen LogP contribution in [0.3, 0.4) is 0 Å². The highest BCUT2D eigenvalue weighted by molar-refractivity contribution is 5.99. The van der Waals surface area contributed by atoms with Gasteiger partial charge in [-0.3, -0.25) is 9.78 Å². The first-order chi connectivity index (χ1) is 10.1. The number of pyridine rings is 1. The van der Waals surface area contributed by atoms with Crippen LogP contribution in [0.2, 0.25) is 0 Å². The quantitative estimate of drug-likeness (QED) is 0.940. The zero-order chi connectivity index (χ0) is 15.4. The van der Waals surface area contributed by atoms with E-state index in [4.69, 9.17) is 0 Å². The molecule has 0 saturated carbocycles. The molecule has 0 radical (unpaired) electrons. The Labute approximate surface area is 123 Å². The molecule has 1 amide bonds. The largest absolute Gasteiger partial charge is 0.386 e. The molecular formula is C16H18FN3O. The number of carbonyl (C=O) groups is 1. The summed E-state index contributed by atoms with van der Waals surface area (Å²) in [6.45, 7) is 1.80. The second-order valence-corrected chi connectivity index (χ2v) is 4.78. The third-order valence-corrected chi connectivity index (χ3v) is 3.58. The Hall–Kier alpha value is -2.43. The number of hydrogen-bond acceptors (Lipinski definition) is 3. The van der Waals surface area contributed by atoms with Gasteiger partial charge in [0.2, 0.25) is 0 Å². The van der Waals surface area contributed by atoms with Gasteiger partial charge in [-0.1, -0.05) is 18.2 Å². The van der Waals surface area contributed by atoms with Crippen LogP contribution in [0.4, 0.5) is 10.1 Å². The van der Waals surface area contributed by atoms with Crippen molar-refractivity contribution in [3.63, 3.8) is 0 Å². The molecule has 1 atom stereocenters. The summed E-state index contributed by atoms with van der Waals surface area (Å²) in [7, 11) is 3.40. The molecule has 5 heteroatoms. The molecule has 0 aliphatic rings. The third kappa shape index (κ3) is 3.02. The minimum atomic E-state index is -0.364. The number of aromatic nitrogens is 1. The van der Waals surface area contributed by atoms with Gasteiger partial charge in [0.1, 0.15) is 5.82 Å². The summed E-state index contributed by atoms with van der Waals surface area (Å²) in [4.78, 5) is 18.1. The van der Waals surface area contributed by atoms with Gasteiger partial charge >= 0.3 is 0 Å². The SMILES string of the molecule is CNc1cnccc1C(=O)N(C)C(C)c1ccccc1F. The van der Waals surface area contributed by atoms with Crippen LogP contribution < -0.4 is 5.32 Å². The molecule has 0 saturated heterocycles. The van der Waals surface area contributed by atoms with Crippen molar-refractivity contribution in [2.45, 2.75) is 13.0 Å². The molecule has 2 aromatic rings. The summed E-state index contributed by atoms with van der Waals surface area (Å²) in [5.74, 6) is -0.495. The third-order valence-electron chi connectivity index (χ3n) is 3.58. The van der Waals surface area contributed by atoms with Crippen LogP contribution in [-0.4, -0.2) is 29.9 Å². The van der Waals surface area contributed by atoms with Crippen LogP contribution >= 0.6 is 0 Å². The highest BCUT2D eigenvalue weighted by atomic mass is 19.1. The van der Waals surface area contributed by atoms with Crippen molar-refractivity contribution in [2.24, 2.45) is 0 Å². The van der Waals surface area contributed by atoms with Crippen LogP contribution in [0.5, 0.6) is 0 Å². The summed E-state index contributed by atoms with van der Waals surface area (Å²) in [6.07, 6.45) is 3.16. The number of nitrogens with one attached hydrogen (secondary N) is 1. The number of nitrogens with zero attached hydrogens (tertiary/aromatic N) is 2. The predicted molar refractivity (Wildman–Crippen MR) is 80.7 cm³/mol. The highest BCUT2D eigenvalue weighted by Gasteiger charge is 2.22. The van der Waals surface area contributed by atoms with E-state index in [0.29, 0.717) is 16.8 Å². The predicted octanol–water partition coefficient (Wildman–Crippen LogP) is 3.10. The van der Waals surface area contributed by atoms with Crippen molar-refractivity contribution in [3.05, 3.63) is 59.7 Å². The van der Waals surface area contributed by atoms with E-state index in [9.17, 15) is 9.18 Å². The second-order valence-electron chi connectivity index (χ2n) is 4.78. The molecule has 21 heavy (non-hydrogen) atoms. The Morgan fingerprint density at radius 1 is 1.33 bits per heavy atom. The molecule has 0 fully saturated rings. The fourth-order valence-corrected chi connectivity index (χ4v) is 2.17. The molecule has 1 unspecified atom stereocenters. The number of carbonyl (C=O) groups excluding carboxylic acids is 1. The maximum atomic E-state index is 13.9. The molecule has 1 aromatic heterocycles. The average Bonchev–Trinajstić information content (AvgIpc) is 2.53. The zero-order valence-electron chi connectivity index (χ0n) is 12.3. The van der Waals surface area contributed by atoms with Crippen molar-refractivity contribution in [2.75, 3.05) is 19.4 Å². The Bertz CT molecular complexity index is 645. The molecule has 1 aromatic carbocycles. The van der Waals surface area contributed by atoms with E-state index < -0.39 is 0 Å². The number of benzene rings is 1. The normalized spacial score (nSPS) is 11.8. The first-order valence-electron chi connectivity index (χ1n) is 6.69. The van der Waals surface area contributed by atoms with Gasteiger partial charge in [-0.25, -0.2) is 4.39 Å². The minimum absolute atomic E-state index is 0.183. The van der Waals surface area contributed by atoms with Gasteiger partial charge in [0, 0.05) is 25.9 Å². The fourth-order valence-electron chi connectivity index (χ4n) is 2.17. The average molecular weight is 287 g/mol. The fraction of sp³-hybridized carbons (Fsp3) is 0.250. The lowest BCUT2D eigenvalue weighted by Gasteiger charge is -2.26. The topological polar surface area (TPSA) is 45.2 Å². The summed E-state index contributed by atoms with van der Waals surface area (Å²) < 4.78 is 13.9. The second kappa shape index (κ2) is 6.35. The van der Waals surface area contributed by atoms with E-state index in [1.807, 2.05) is 0 Å². The Kier molecular flexibility index (Phi) is 4.52. The van der Waals surface area contributed by atoms with Gasteiger partial charge in [-0.15, -0.1) is 0 Å². The highest BCUT2D eigenvalue weighted by Crippen LogP contribution is 2.24. The first kappa shape index (κ1) is 15.0. The van der Waals surface area contributed by atoms with E-state index in [1.54, 1.807) is 57.7 Å². The number of rotatable bonds is 4. The van der Waals surface area contributed by atoms with Gasteiger partial charge in [-0.05, 0) is 19.1 Å². The smallest absolute Gasteiger partial charge is 0.256 e. The number of amides is 1. The van der Waals surface area contributed by atoms with Crippen LogP contribution in [-0.2, 0) is 0 Å². The maximum Gasteiger partial charge on any atom is 0.256 e. The van der Waals surface area contributed by atoms with Crippen molar-refractivity contribution in [1.82, 2.24) is 9.88 Å². The number of hydrogen-bond donors (Lipinski definition) is 1. The number of halogens is 1. The molecule has 1 N–H and O–H groups in total. The van der Waals surface area contributed by atoms with Crippen LogP contribution in [0.25, 0.3) is 0 Å². The van der Waals surface area contributed by atoms with E-state index in [-0.39, 0.29) is 17.8 Å². The van der Waals surface area contributed by atoms with Crippen molar-refractivity contribution in [3.8, 4) is 0 Å². The summed E-state index contributed by atoms with van der Waals surface area (Å²) >= 11 is 0. The molecule has 1 heterocycles. The van der Waals surface area contributed by atoms with E-state index in [0.717, 1.165) is 0 Å². The first-order valence-corrected chi connectivity index (χ1v) is 6.69. The zero-order valence-corrected chi connectivity index (χ0v) is 12.3. The maximum absolute atomic E-state index is 13.9. The van der Waals surface area contributed by atoms with Gasteiger partial charge in [-0.2, -0.15) is 0 Å². The summed E-state index contributed by atoms with van der Waals surface area (Å²) in [6, 6.07) is 7.77.